The number of alkyl halides is 1. The Morgan fingerprint density at radius 2 is 2.11 bits per heavy atom. The van der Waals surface area contributed by atoms with Crippen molar-refractivity contribution >= 4 is 25.8 Å². The van der Waals surface area contributed by atoms with Gasteiger partial charge < -0.3 is 4.74 Å². The zero-order valence-corrected chi connectivity index (χ0v) is 13.6. The van der Waals surface area contributed by atoms with Crippen LogP contribution in [0.3, 0.4) is 0 Å². The fraction of sp³-hybridized carbons (Fsp3) is 0.571. The maximum atomic E-state index is 12.1. The smallest absolute Gasteiger partial charge is 0.154 e. The van der Waals surface area contributed by atoms with Crippen LogP contribution in [0.15, 0.2) is 18.2 Å². The van der Waals surface area contributed by atoms with Crippen molar-refractivity contribution in [1.82, 2.24) is 0 Å². The Bertz CT molecular complexity index is 554. The molecule has 2 rings (SSSR count). The lowest BCUT2D eigenvalue weighted by molar-refractivity contribution is 0.411. The molecule has 2 unspecified atom stereocenters. The summed E-state index contributed by atoms with van der Waals surface area (Å²) in [5.41, 5.74) is 2.03. The second-order valence-electron chi connectivity index (χ2n) is 5.03. The van der Waals surface area contributed by atoms with E-state index in [2.05, 4.69) is 15.9 Å². The molecular weight excluding hydrogens is 328 g/mol. The summed E-state index contributed by atoms with van der Waals surface area (Å²) < 4.78 is 29.5. The van der Waals surface area contributed by atoms with Crippen LogP contribution in [0.25, 0.3) is 0 Å². The largest absolute Gasteiger partial charge is 0.496 e. The first-order valence-electron chi connectivity index (χ1n) is 6.46. The standard InChI is InChI=1S/C14H19BrO3S/c1-10-9-11(6-7-12(10)18-2)14(15)13-5-3-4-8-19(13,16)17/h6-7,9,13-14H,3-5,8H2,1-2H3. The van der Waals surface area contributed by atoms with Crippen LogP contribution in [-0.2, 0) is 9.84 Å². The van der Waals surface area contributed by atoms with Crippen LogP contribution >= 0.6 is 15.9 Å². The molecule has 2 atom stereocenters. The molecule has 5 heteroatoms. The monoisotopic (exact) mass is 346 g/mol. The summed E-state index contributed by atoms with van der Waals surface area (Å²) >= 11 is 3.58. The van der Waals surface area contributed by atoms with Crippen LogP contribution in [0.1, 0.15) is 35.2 Å². The summed E-state index contributed by atoms with van der Waals surface area (Å²) in [4.78, 5) is -0.137. The first-order chi connectivity index (χ1) is 8.95. The molecule has 0 aromatic heterocycles. The van der Waals surface area contributed by atoms with E-state index in [1.165, 1.54) is 0 Å². The number of sulfone groups is 1. The Hall–Kier alpha value is -0.550. The Balaban J connectivity index is 2.28. The van der Waals surface area contributed by atoms with Crippen LogP contribution in [0.2, 0.25) is 0 Å². The van der Waals surface area contributed by atoms with E-state index in [9.17, 15) is 8.42 Å². The molecule has 0 spiro atoms. The third-order valence-corrected chi connectivity index (χ3v) is 7.50. The molecule has 0 saturated carbocycles. The minimum Gasteiger partial charge on any atom is -0.496 e. The fourth-order valence-electron chi connectivity index (χ4n) is 2.60. The molecule has 1 saturated heterocycles. The van der Waals surface area contributed by atoms with Gasteiger partial charge in [-0.25, -0.2) is 8.42 Å². The molecule has 0 aliphatic carbocycles. The average Bonchev–Trinajstić information content (AvgIpc) is 2.37. The molecule has 1 fully saturated rings. The van der Waals surface area contributed by atoms with Gasteiger partial charge in [-0.05, 0) is 37.0 Å². The van der Waals surface area contributed by atoms with Crippen molar-refractivity contribution in [3.05, 3.63) is 29.3 Å². The van der Waals surface area contributed by atoms with E-state index in [-0.39, 0.29) is 10.1 Å². The van der Waals surface area contributed by atoms with Crippen molar-refractivity contribution < 1.29 is 13.2 Å². The van der Waals surface area contributed by atoms with Crippen molar-refractivity contribution in [1.29, 1.82) is 0 Å². The van der Waals surface area contributed by atoms with E-state index in [0.717, 1.165) is 36.1 Å². The van der Waals surface area contributed by atoms with E-state index in [0.29, 0.717) is 5.75 Å². The lowest BCUT2D eigenvalue weighted by atomic mass is 10.0. The number of aryl methyl sites for hydroxylation is 1. The van der Waals surface area contributed by atoms with E-state index in [4.69, 9.17) is 4.74 Å². The number of hydrogen-bond donors (Lipinski definition) is 0. The van der Waals surface area contributed by atoms with Gasteiger partial charge in [0.1, 0.15) is 5.75 Å². The first-order valence-corrected chi connectivity index (χ1v) is 9.09. The normalized spacial score (nSPS) is 23.8. The number of ether oxygens (including phenoxy) is 1. The number of benzene rings is 1. The van der Waals surface area contributed by atoms with E-state index in [1.807, 2.05) is 25.1 Å². The van der Waals surface area contributed by atoms with Crippen molar-refractivity contribution in [3.63, 3.8) is 0 Å². The van der Waals surface area contributed by atoms with Crippen LogP contribution < -0.4 is 4.74 Å². The van der Waals surface area contributed by atoms with Gasteiger partial charge in [-0.15, -0.1) is 0 Å². The summed E-state index contributed by atoms with van der Waals surface area (Å²) in [5, 5.41) is -0.311. The molecule has 0 amide bonds. The second kappa shape index (κ2) is 5.83. The van der Waals surface area contributed by atoms with Crippen molar-refractivity contribution in [2.45, 2.75) is 36.3 Å². The number of methoxy groups -OCH3 is 1. The van der Waals surface area contributed by atoms with Crippen molar-refractivity contribution in [3.8, 4) is 5.75 Å². The SMILES string of the molecule is COc1ccc(C(Br)C2CCCCS2(=O)=O)cc1C. The van der Waals surface area contributed by atoms with Gasteiger partial charge in [0.15, 0.2) is 9.84 Å². The Labute approximate surface area is 123 Å². The van der Waals surface area contributed by atoms with Crippen LogP contribution in [0, 0.1) is 6.92 Å². The number of hydrogen-bond acceptors (Lipinski definition) is 3. The lowest BCUT2D eigenvalue weighted by Gasteiger charge is -2.27. The van der Waals surface area contributed by atoms with Gasteiger partial charge in [0.05, 0.1) is 22.9 Å². The topological polar surface area (TPSA) is 43.4 Å². The van der Waals surface area contributed by atoms with Gasteiger partial charge in [-0.3, -0.25) is 0 Å². The summed E-state index contributed by atoms with van der Waals surface area (Å²) in [6.07, 6.45) is 2.52. The molecule has 1 aliphatic heterocycles. The fourth-order valence-corrected chi connectivity index (χ4v) is 6.09. The molecule has 106 valence electrons. The second-order valence-corrected chi connectivity index (χ2v) is 8.36. The van der Waals surface area contributed by atoms with Crippen molar-refractivity contribution in [2.24, 2.45) is 0 Å². The predicted octanol–water partition coefficient (Wildman–Crippen LogP) is 3.41. The third-order valence-electron chi connectivity index (χ3n) is 3.69. The lowest BCUT2D eigenvalue weighted by Crippen LogP contribution is -2.31. The van der Waals surface area contributed by atoms with Crippen molar-refractivity contribution in [2.75, 3.05) is 12.9 Å². The zero-order valence-electron chi connectivity index (χ0n) is 11.2. The molecule has 1 heterocycles. The molecule has 1 aliphatic rings. The van der Waals surface area contributed by atoms with E-state index in [1.54, 1.807) is 7.11 Å². The average molecular weight is 347 g/mol. The summed E-state index contributed by atoms with van der Waals surface area (Å²) in [6.45, 7) is 1.97. The van der Waals surface area contributed by atoms with E-state index >= 15 is 0 Å². The Morgan fingerprint density at radius 3 is 2.68 bits per heavy atom. The minimum atomic E-state index is -2.98. The van der Waals surface area contributed by atoms with E-state index < -0.39 is 9.84 Å². The molecule has 1 aromatic rings. The number of halogens is 1. The van der Waals surface area contributed by atoms with Gasteiger partial charge in [-0.1, -0.05) is 34.5 Å². The molecule has 1 aromatic carbocycles. The molecule has 19 heavy (non-hydrogen) atoms. The predicted molar refractivity (Wildman–Crippen MR) is 80.8 cm³/mol. The summed E-state index contributed by atoms with van der Waals surface area (Å²) in [7, 11) is -1.34. The maximum Gasteiger partial charge on any atom is 0.154 e. The molecule has 3 nitrogen and oxygen atoms in total. The highest BCUT2D eigenvalue weighted by Gasteiger charge is 2.35. The Morgan fingerprint density at radius 1 is 1.37 bits per heavy atom. The third kappa shape index (κ3) is 3.14. The molecule has 0 N–H and O–H groups in total. The molecular formula is C14H19BrO3S. The van der Waals surface area contributed by atoms with Gasteiger partial charge in [0.2, 0.25) is 0 Å². The molecule has 0 radical (unpaired) electrons. The highest BCUT2D eigenvalue weighted by Crippen LogP contribution is 2.37. The van der Waals surface area contributed by atoms with Gasteiger partial charge in [0.25, 0.3) is 0 Å². The van der Waals surface area contributed by atoms with Crippen LogP contribution in [0.5, 0.6) is 5.75 Å². The Kier molecular flexibility index (Phi) is 4.56. The van der Waals surface area contributed by atoms with Crippen LogP contribution in [-0.4, -0.2) is 26.5 Å². The minimum absolute atomic E-state index is 0.137. The highest BCUT2D eigenvalue weighted by atomic mass is 79.9. The molecule has 0 bridgehead atoms. The maximum absolute atomic E-state index is 12.1. The van der Waals surface area contributed by atoms with Gasteiger partial charge in [-0.2, -0.15) is 0 Å². The summed E-state index contributed by atoms with van der Waals surface area (Å²) in [5.74, 6) is 1.14. The number of rotatable bonds is 3. The quantitative estimate of drug-likeness (QED) is 0.787. The zero-order chi connectivity index (χ0) is 14.0. The van der Waals surface area contributed by atoms with Gasteiger partial charge in [0, 0.05) is 0 Å². The van der Waals surface area contributed by atoms with Crippen LogP contribution in [0.4, 0.5) is 0 Å². The highest BCUT2D eigenvalue weighted by molar-refractivity contribution is 9.09. The van der Waals surface area contributed by atoms with Gasteiger partial charge >= 0.3 is 0 Å². The summed E-state index contributed by atoms with van der Waals surface area (Å²) in [6, 6.07) is 5.84. The first kappa shape index (κ1) is 14.9.